The van der Waals surface area contributed by atoms with Gasteiger partial charge < -0.3 is 0 Å². The monoisotopic (exact) mass is 274 g/mol. The molecule has 2 aromatic heterocycles. The maximum atomic E-state index is 5.61. The highest BCUT2D eigenvalue weighted by atomic mass is 32.1. The van der Waals surface area contributed by atoms with E-state index in [9.17, 15) is 0 Å². The number of fused-ring (bicyclic) bond motifs is 1. The van der Waals surface area contributed by atoms with Gasteiger partial charge in [-0.2, -0.15) is 13.8 Å². The lowest BCUT2D eigenvalue weighted by molar-refractivity contribution is 0.533. The quantitative estimate of drug-likeness (QED) is 0.551. The molecule has 1 aromatic carbocycles. The summed E-state index contributed by atoms with van der Waals surface area (Å²) in [6, 6.07) is 8.09. The van der Waals surface area contributed by atoms with E-state index in [1.165, 1.54) is 11.7 Å². The number of nitrogens with two attached hydrogens (primary N) is 1. The number of hydrogen-bond donors (Lipinski definition) is 2. The van der Waals surface area contributed by atoms with E-state index in [1.807, 2.05) is 23.9 Å². The summed E-state index contributed by atoms with van der Waals surface area (Å²) in [5, 5.41) is 5.71. The van der Waals surface area contributed by atoms with E-state index in [4.69, 9.17) is 5.84 Å². The second-order valence-corrected chi connectivity index (χ2v) is 4.90. The molecule has 0 amide bonds. The molecule has 1 atom stereocenters. The van der Waals surface area contributed by atoms with Crippen molar-refractivity contribution >= 4 is 22.6 Å². The molecule has 0 aliphatic rings. The summed E-state index contributed by atoms with van der Waals surface area (Å²) in [7, 11) is 1.95. The second kappa shape index (κ2) is 5.04. The zero-order chi connectivity index (χ0) is 13.2. The van der Waals surface area contributed by atoms with Gasteiger partial charge >= 0.3 is 0 Å². The molecule has 0 fully saturated rings. The summed E-state index contributed by atoms with van der Waals surface area (Å²) in [5.74, 6) is 5.61. The third-order valence-corrected chi connectivity index (χ3v) is 3.66. The zero-order valence-corrected chi connectivity index (χ0v) is 11.3. The fourth-order valence-corrected chi connectivity index (χ4v) is 2.68. The number of aryl methyl sites for hydroxylation is 1. The molecule has 0 aliphatic heterocycles. The minimum Gasteiger partial charge on any atom is -0.271 e. The van der Waals surface area contributed by atoms with Gasteiger partial charge in [-0.1, -0.05) is 18.2 Å². The lowest BCUT2D eigenvalue weighted by Gasteiger charge is -2.11. The lowest BCUT2D eigenvalue weighted by Crippen LogP contribution is -2.30. The summed E-state index contributed by atoms with van der Waals surface area (Å²) in [6.07, 6.45) is 2.42. The van der Waals surface area contributed by atoms with Gasteiger partial charge in [-0.15, -0.1) is 0 Å². The molecule has 1 unspecified atom stereocenters. The third kappa shape index (κ3) is 2.23. The molecule has 19 heavy (non-hydrogen) atoms. The first-order valence-electron chi connectivity index (χ1n) is 5.94. The number of hydrogen-bond acceptors (Lipinski definition) is 6. The lowest BCUT2D eigenvalue weighted by atomic mass is 10.1. The average molecular weight is 274 g/mol. The summed E-state index contributed by atoms with van der Waals surface area (Å²) >= 11 is 1.18. The molecule has 98 valence electrons. The smallest absolute Gasteiger partial charge is 0.0929 e. The highest BCUT2D eigenvalue weighted by Crippen LogP contribution is 2.22. The molecule has 0 aliphatic carbocycles. The number of benzene rings is 1. The normalized spacial score (nSPS) is 12.9. The van der Waals surface area contributed by atoms with Gasteiger partial charge in [-0.05, 0) is 6.07 Å². The van der Waals surface area contributed by atoms with Crippen LogP contribution in [0.25, 0.3) is 10.9 Å². The Balaban J connectivity index is 1.97. The Morgan fingerprint density at radius 1 is 1.42 bits per heavy atom. The minimum atomic E-state index is -0.0722. The summed E-state index contributed by atoms with van der Waals surface area (Å²) in [6.45, 7) is 0. The zero-order valence-electron chi connectivity index (χ0n) is 10.4. The van der Waals surface area contributed by atoms with Gasteiger partial charge in [-0.3, -0.25) is 16.0 Å². The molecule has 0 radical (unpaired) electrons. The number of rotatable bonds is 4. The van der Waals surface area contributed by atoms with Gasteiger partial charge in [0.1, 0.15) is 0 Å². The van der Waals surface area contributed by atoms with Crippen molar-refractivity contribution in [2.24, 2.45) is 12.9 Å². The molecule has 3 rings (SSSR count). The van der Waals surface area contributed by atoms with E-state index in [1.54, 1.807) is 6.20 Å². The number of para-hydroxylation sites is 1. The second-order valence-electron chi connectivity index (χ2n) is 4.34. The fraction of sp³-hybridized carbons (Fsp3) is 0.250. The van der Waals surface area contributed by atoms with Crippen LogP contribution in [0.2, 0.25) is 0 Å². The van der Waals surface area contributed by atoms with Gasteiger partial charge in [-0.25, -0.2) is 0 Å². The first-order valence-corrected chi connectivity index (χ1v) is 6.67. The molecule has 3 N–H and O–H groups in total. The summed E-state index contributed by atoms with van der Waals surface area (Å²) < 4.78 is 10.1. The molecular formula is C12H14N6S. The van der Waals surface area contributed by atoms with Crippen LogP contribution in [0, 0.1) is 0 Å². The van der Waals surface area contributed by atoms with Crippen LogP contribution in [0.5, 0.6) is 0 Å². The Hall–Kier alpha value is -1.83. The van der Waals surface area contributed by atoms with E-state index in [0.717, 1.165) is 22.3 Å². The molecule has 7 heteroatoms. The van der Waals surface area contributed by atoms with Crippen molar-refractivity contribution in [3.8, 4) is 0 Å². The number of aromatic nitrogens is 4. The van der Waals surface area contributed by atoms with Crippen LogP contribution < -0.4 is 11.3 Å². The van der Waals surface area contributed by atoms with Crippen LogP contribution >= 0.6 is 11.7 Å². The number of hydrazine groups is 1. The standard InChI is InChI=1S/C12H14N6S/c1-18-12-5-3-2-4-8(12)9(16-18)6-10(15-13)11-7-14-19-17-11/h2-5,7,10,15H,6,13H2,1H3. The van der Waals surface area contributed by atoms with Crippen molar-refractivity contribution in [3.05, 3.63) is 41.9 Å². The van der Waals surface area contributed by atoms with Gasteiger partial charge in [0.15, 0.2) is 0 Å². The van der Waals surface area contributed by atoms with Crippen molar-refractivity contribution < 1.29 is 0 Å². The maximum Gasteiger partial charge on any atom is 0.0929 e. The highest BCUT2D eigenvalue weighted by Gasteiger charge is 2.17. The van der Waals surface area contributed by atoms with Crippen molar-refractivity contribution in [2.75, 3.05) is 0 Å². The first kappa shape index (κ1) is 12.2. The highest BCUT2D eigenvalue weighted by molar-refractivity contribution is 6.99. The molecule has 0 saturated heterocycles. The number of nitrogens with one attached hydrogen (secondary N) is 1. The van der Waals surface area contributed by atoms with Crippen molar-refractivity contribution in [3.63, 3.8) is 0 Å². The average Bonchev–Trinajstić information content (AvgIpc) is 3.06. The topological polar surface area (TPSA) is 81.7 Å². The van der Waals surface area contributed by atoms with Crippen LogP contribution in [0.4, 0.5) is 0 Å². The third-order valence-electron chi connectivity index (χ3n) is 3.17. The fourth-order valence-electron chi connectivity index (χ4n) is 2.21. The SMILES string of the molecule is Cn1nc(CC(NN)c2cnsn2)c2ccccc21. The Bertz CT molecular complexity index is 675. The van der Waals surface area contributed by atoms with Gasteiger partial charge in [0, 0.05) is 18.9 Å². The molecule has 0 spiro atoms. The van der Waals surface area contributed by atoms with Crippen LogP contribution in [0.15, 0.2) is 30.5 Å². The van der Waals surface area contributed by atoms with Crippen molar-refractivity contribution in [1.29, 1.82) is 0 Å². The molecule has 6 nitrogen and oxygen atoms in total. The van der Waals surface area contributed by atoms with Crippen LogP contribution in [-0.2, 0) is 13.5 Å². The molecular weight excluding hydrogens is 260 g/mol. The van der Waals surface area contributed by atoms with Crippen molar-refractivity contribution in [2.45, 2.75) is 12.5 Å². The predicted molar refractivity (Wildman–Crippen MR) is 74.4 cm³/mol. The van der Waals surface area contributed by atoms with Gasteiger partial charge in [0.05, 0.1) is 40.9 Å². The van der Waals surface area contributed by atoms with Crippen molar-refractivity contribution in [1.82, 2.24) is 24.0 Å². The molecule has 0 bridgehead atoms. The first-order chi connectivity index (χ1) is 9.29. The Labute approximate surface area is 114 Å². The predicted octanol–water partition coefficient (Wildman–Crippen LogP) is 1.17. The van der Waals surface area contributed by atoms with Crippen LogP contribution in [0.1, 0.15) is 17.4 Å². The van der Waals surface area contributed by atoms with E-state index < -0.39 is 0 Å². The summed E-state index contributed by atoms with van der Waals surface area (Å²) in [4.78, 5) is 0. The minimum absolute atomic E-state index is 0.0722. The maximum absolute atomic E-state index is 5.61. The van der Waals surface area contributed by atoms with E-state index in [0.29, 0.717) is 6.42 Å². The van der Waals surface area contributed by atoms with Gasteiger partial charge in [0.25, 0.3) is 0 Å². The summed E-state index contributed by atoms with van der Waals surface area (Å²) in [5.41, 5.74) is 5.75. The largest absolute Gasteiger partial charge is 0.271 e. The van der Waals surface area contributed by atoms with E-state index in [2.05, 4.69) is 31.4 Å². The van der Waals surface area contributed by atoms with E-state index >= 15 is 0 Å². The molecule has 2 heterocycles. The van der Waals surface area contributed by atoms with Crippen LogP contribution in [0.3, 0.4) is 0 Å². The molecule has 0 saturated carbocycles. The van der Waals surface area contributed by atoms with E-state index in [-0.39, 0.29) is 6.04 Å². The Kier molecular flexibility index (Phi) is 3.24. The Morgan fingerprint density at radius 2 is 2.26 bits per heavy atom. The Morgan fingerprint density at radius 3 is 3.00 bits per heavy atom. The molecule has 3 aromatic rings. The van der Waals surface area contributed by atoms with Crippen LogP contribution in [-0.4, -0.2) is 18.5 Å². The van der Waals surface area contributed by atoms with Gasteiger partial charge in [0.2, 0.25) is 0 Å². The number of nitrogens with zero attached hydrogens (tertiary/aromatic N) is 4.